The Morgan fingerprint density at radius 1 is 1.17 bits per heavy atom. The van der Waals surface area contributed by atoms with Gasteiger partial charge in [-0.3, -0.25) is 24.0 Å². The van der Waals surface area contributed by atoms with Crippen molar-refractivity contribution < 1.29 is 34.2 Å². The van der Waals surface area contributed by atoms with E-state index >= 15 is 0 Å². The minimum Gasteiger partial charge on any atom is -0.480 e. The first-order valence-electron chi connectivity index (χ1n) is 6.54. The molecule has 0 saturated carbocycles. The Hall–Kier alpha value is -2.14. The van der Waals surface area contributed by atoms with Crippen LogP contribution in [-0.4, -0.2) is 63.5 Å². The number of nitrogens with one attached hydrogen (secondary N) is 2. The van der Waals surface area contributed by atoms with E-state index in [2.05, 4.69) is 10.6 Å². The van der Waals surface area contributed by atoms with Crippen LogP contribution in [0.1, 0.15) is 19.8 Å². The summed E-state index contributed by atoms with van der Waals surface area (Å²) in [6.07, 6.45) is -0.342. The van der Waals surface area contributed by atoms with E-state index in [-0.39, 0.29) is 23.7 Å². The van der Waals surface area contributed by atoms with Crippen LogP contribution in [0.25, 0.3) is 0 Å². The zero-order chi connectivity index (χ0) is 18.0. The van der Waals surface area contributed by atoms with Gasteiger partial charge in [-0.25, -0.2) is 0 Å². The number of amides is 2. The van der Waals surface area contributed by atoms with E-state index in [4.69, 9.17) is 15.9 Å². The molecule has 0 unspecified atom stereocenters. The van der Waals surface area contributed by atoms with Crippen molar-refractivity contribution in [1.82, 2.24) is 10.6 Å². The van der Waals surface area contributed by atoms with Crippen molar-refractivity contribution in [1.29, 1.82) is 0 Å². The van der Waals surface area contributed by atoms with Crippen LogP contribution in [0, 0.1) is 0 Å². The number of nitrogens with two attached hydrogens (primary N) is 1. The summed E-state index contributed by atoms with van der Waals surface area (Å²) in [7, 11) is 0. The molecule has 0 aromatic heterocycles. The van der Waals surface area contributed by atoms with Crippen LogP contribution in [0.5, 0.6) is 0 Å². The average Bonchev–Trinajstić information content (AvgIpc) is 2.45. The van der Waals surface area contributed by atoms with Gasteiger partial charge >= 0.3 is 11.9 Å². The molecule has 130 valence electrons. The molecule has 0 aromatic carbocycles. The van der Waals surface area contributed by atoms with Gasteiger partial charge in [0, 0.05) is 19.1 Å². The number of thioether (sulfide) groups is 1. The van der Waals surface area contributed by atoms with Gasteiger partial charge in [0.25, 0.3) is 0 Å². The predicted octanol–water partition coefficient (Wildman–Crippen LogP) is -1.86. The molecule has 0 spiro atoms. The van der Waals surface area contributed by atoms with Crippen molar-refractivity contribution in [3.05, 3.63) is 0 Å². The van der Waals surface area contributed by atoms with Crippen LogP contribution in [-0.2, 0) is 24.0 Å². The van der Waals surface area contributed by atoms with Gasteiger partial charge in [0.2, 0.25) is 11.8 Å². The van der Waals surface area contributed by atoms with Crippen LogP contribution in [0.4, 0.5) is 0 Å². The highest BCUT2D eigenvalue weighted by Gasteiger charge is 2.23. The smallest absolute Gasteiger partial charge is 0.322 e. The first-order chi connectivity index (χ1) is 10.6. The molecule has 0 heterocycles. The van der Waals surface area contributed by atoms with Gasteiger partial charge in [0.05, 0.1) is 0 Å². The van der Waals surface area contributed by atoms with Crippen molar-refractivity contribution in [3.63, 3.8) is 0 Å². The first kappa shape index (κ1) is 20.9. The van der Waals surface area contributed by atoms with E-state index in [1.54, 1.807) is 0 Å². The van der Waals surface area contributed by atoms with Crippen molar-refractivity contribution in [2.75, 3.05) is 12.3 Å². The molecule has 23 heavy (non-hydrogen) atoms. The fourth-order valence-corrected chi connectivity index (χ4v) is 1.98. The summed E-state index contributed by atoms with van der Waals surface area (Å²) in [6, 6.07) is -2.32. The third kappa shape index (κ3) is 10.3. The standard InChI is InChI=1S/C12H19N3O7S/c1-6(16)23-5-8(11(20)14-4-10(18)19)15-9(17)3-2-7(13)12(21)22/h7-8H,2-5,13H2,1H3,(H,14,20)(H,15,17)(H,18,19)(H,21,22)/t7-,8+/m1/s1. The number of rotatable bonds is 10. The second-order valence-corrected chi connectivity index (χ2v) is 5.71. The highest BCUT2D eigenvalue weighted by atomic mass is 32.2. The minimum atomic E-state index is -1.25. The zero-order valence-corrected chi connectivity index (χ0v) is 13.2. The molecule has 0 bridgehead atoms. The van der Waals surface area contributed by atoms with Gasteiger partial charge in [-0.2, -0.15) is 0 Å². The van der Waals surface area contributed by atoms with Gasteiger partial charge in [-0.1, -0.05) is 11.8 Å². The Labute approximate surface area is 136 Å². The molecule has 0 aliphatic heterocycles. The minimum absolute atomic E-state index is 0.0719. The fraction of sp³-hybridized carbons (Fsp3) is 0.583. The van der Waals surface area contributed by atoms with Gasteiger partial charge in [-0.05, 0) is 6.42 Å². The van der Waals surface area contributed by atoms with Crippen LogP contribution in [0.2, 0.25) is 0 Å². The van der Waals surface area contributed by atoms with Crippen molar-refractivity contribution in [2.45, 2.75) is 31.8 Å². The Bertz CT molecular complexity index is 483. The fourth-order valence-electron chi connectivity index (χ4n) is 1.35. The van der Waals surface area contributed by atoms with Crippen LogP contribution >= 0.6 is 11.8 Å². The number of carboxylic acids is 2. The number of hydrogen-bond donors (Lipinski definition) is 5. The third-order valence-electron chi connectivity index (χ3n) is 2.52. The van der Waals surface area contributed by atoms with E-state index in [9.17, 15) is 24.0 Å². The SMILES string of the molecule is CC(=O)SC[C@H](NC(=O)CC[C@@H](N)C(=O)O)C(=O)NCC(=O)O. The van der Waals surface area contributed by atoms with E-state index < -0.39 is 42.4 Å². The molecule has 2 amide bonds. The molecule has 0 fully saturated rings. The highest BCUT2D eigenvalue weighted by Crippen LogP contribution is 2.05. The molecule has 0 radical (unpaired) electrons. The van der Waals surface area contributed by atoms with E-state index in [1.165, 1.54) is 6.92 Å². The molecule has 2 atom stereocenters. The topological polar surface area (TPSA) is 176 Å². The zero-order valence-electron chi connectivity index (χ0n) is 12.4. The van der Waals surface area contributed by atoms with Crippen LogP contribution in [0.15, 0.2) is 0 Å². The quantitative estimate of drug-likeness (QED) is 0.303. The number of carbonyl (C=O) groups is 5. The highest BCUT2D eigenvalue weighted by molar-refractivity contribution is 8.13. The summed E-state index contributed by atoms with van der Waals surface area (Å²) < 4.78 is 0. The van der Waals surface area contributed by atoms with Crippen LogP contribution < -0.4 is 16.4 Å². The second-order valence-electron chi connectivity index (χ2n) is 4.52. The monoisotopic (exact) mass is 349 g/mol. The molecule has 0 aromatic rings. The summed E-state index contributed by atoms with van der Waals surface area (Å²) in [4.78, 5) is 55.5. The first-order valence-corrected chi connectivity index (χ1v) is 7.52. The maximum absolute atomic E-state index is 11.8. The van der Waals surface area contributed by atoms with E-state index in [0.717, 1.165) is 11.8 Å². The number of hydrogen-bond acceptors (Lipinski definition) is 7. The maximum Gasteiger partial charge on any atom is 0.322 e. The third-order valence-corrected chi connectivity index (χ3v) is 3.42. The predicted molar refractivity (Wildman–Crippen MR) is 80.6 cm³/mol. The summed E-state index contributed by atoms with van der Waals surface area (Å²) in [5.41, 5.74) is 5.26. The molecule has 0 saturated heterocycles. The number of carbonyl (C=O) groups excluding carboxylic acids is 3. The van der Waals surface area contributed by atoms with Gasteiger partial charge in [0.15, 0.2) is 5.12 Å². The van der Waals surface area contributed by atoms with Crippen molar-refractivity contribution in [2.24, 2.45) is 5.73 Å². The Kier molecular flexibility index (Phi) is 9.58. The molecule has 0 rings (SSSR count). The molecule has 0 aliphatic rings. The van der Waals surface area contributed by atoms with Gasteiger partial charge < -0.3 is 26.6 Å². The largest absolute Gasteiger partial charge is 0.480 e. The van der Waals surface area contributed by atoms with E-state index in [0.29, 0.717) is 0 Å². The summed E-state index contributed by atoms with van der Waals surface area (Å²) in [5, 5.41) is 21.3. The second kappa shape index (κ2) is 10.6. The Morgan fingerprint density at radius 2 is 1.78 bits per heavy atom. The van der Waals surface area contributed by atoms with Crippen molar-refractivity contribution >= 4 is 40.6 Å². The summed E-state index contributed by atoms with van der Waals surface area (Å²) >= 11 is 0.793. The molecule has 10 nitrogen and oxygen atoms in total. The van der Waals surface area contributed by atoms with Crippen molar-refractivity contribution in [3.8, 4) is 0 Å². The summed E-state index contributed by atoms with van der Waals surface area (Å²) in [6.45, 7) is 0.657. The van der Waals surface area contributed by atoms with E-state index in [1.807, 2.05) is 0 Å². The number of carboxylic acid groups (broad SMARTS) is 2. The molecular formula is C12H19N3O7S. The Morgan fingerprint density at radius 3 is 2.26 bits per heavy atom. The summed E-state index contributed by atoms with van der Waals surface area (Å²) in [5.74, 6) is -3.95. The number of aliphatic carboxylic acids is 2. The average molecular weight is 349 g/mol. The lowest BCUT2D eigenvalue weighted by Crippen LogP contribution is -2.49. The van der Waals surface area contributed by atoms with Crippen LogP contribution in [0.3, 0.4) is 0 Å². The molecule has 6 N–H and O–H groups in total. The maximum atomic E-state index is 11.8. The lowest BCUT2D eigenvalue weighted by molar-refractivity contribution is -0.139. The van der Waals surface area contributed by atoms with Gasteiger partial charge in [0.1, 0.15) is 18.6 Å². The molecular weight excluding hydrogens is 330 g/mol. The Balaban J connectivity index is 4.57. The normalized spacial score (nSPS) is 12.8. The molecule has 0 aliphatic carbocycles. The molecule has 11 heteroatoms. The lowest BCUT2D eigenvalue weighted by Gasteiger charge is -2.17. The lowest BCUT2D eigenvalue weighted by atomic mass is 10.1. The van der Waals surface area contributed by atoms with Gasteiger partial charge in [-0.15, -0.1) is 0 Å².